The molecule has 0 radical (unpaired) electrons. The predicted molar refractivity (Wildman–Crippen MR) is 322 cm³/mol. The molecule has 1 aliphatic carbocycles. The van der Waals surface area contributed by atoms with E-state index in [1.807, 2.05) is 0 Å². The Labute approximate surface area is 573 Å². The summed E-state index contributed by atoms with van der Waals surface area (Å²) in [6, 6.07) is -1.16. The van der Waals surface area contributed by atoms with Gasteiger partial charge in [-0.2, -0.15) is 23.5 Å². The molecule has 21 N–H and O–H groups in total. The monoisotopic (exact) mass is 1480 g/mol. The lowest BCUT2D eigenvalue weighted by molar-refractivity contribution is -0.393. The summed E-state index contributed by atoms with van der Waals surface area (Å²) in [5, 5.41) is 228. The Morgan fingerprint density at radius 2 is 0.808 bits per heavy atom. The van der Waals surface area contributed by atoms with Crippen molar-refractivity contribution in [2.24, 2.45) is 11.8 Å². The molecule has 21 rings (SSSR count). The minimum Gasteiger partial charge on any atom is -0.481 e. The molecule has 36 atom stereocenters. The molecule has 1 saturated carbocycles. The van der Waals surface area contributed by atoms with Crippen LogP contribution in [0.25, 0.3) is 0 Å². The largest absolute Gasteiger partial charge is 0.481 e. The first kappa shape index (κ1) is 82.2. The van der Waals surface area contributed by atoms with Gasteiger partial charge in [-0.1, -0.05) is 0 Å². The average molecular weight is 1480 g/mol. The first-order chi connectivity index (χ1) is 47.1. The average Bonchev–Trinajstić information content (AvgIpc) is 0.839. The van der Waals surface area contributed by atoms with E-state index >= 15 is 0 Å². The molecule has 20 aliphatic heterocycles. The highest BCUT2D eigenvalue weighted by atomic mass is 32.2. The van der Waals surface area contributed by atoms with E-state index in [1.54, 1.807) is 0 Å². The van der Waals surface area contributed by atoms with Gasteiger partial charge in [-0.25, -0.2) is 4.79 Å². The molecule has 99 heavy (non-hydrogen) atoms. The molecule has 14 bridgehead atoms. The smallest absolute Gasteiger partial charge is 0.321 e. The molecular weight excluding hydrogens is 1380 g/mol. The van der Waals surface area contributed by atoms with E-state index in [0.717, 1.165) is 23.5 Å². The van der Waals surface area contributed by atoms with Crippen LogP contribution in [0, 0.1) is 18.8 Å². The van der Waals surface area contributed by atoms with Crippen molar-refractivity contribution in [3.8, 4) is 0 Å². The van der Waals surface area contributed by atoms with E-state index in [4.69, 9.17) is 66.3 Å². The molecular formula is C58H94NO38S2+. The summed E-state index contributed by atoms with van der Waals surface area (Å²) in [6.07, 6.45) is -65.3. The summed E-state index contributed by atoms with van der Waals surface area (Å²) in [5.41, 5.74) is 0. The number of aliphatic carboxylic acids is 2. The number of rotatable bonds is 24. The Morgan fingerprint density at radius 1 is 0.424 bits per heavy atom. The van der Waals surface area contributed by atoms with Crippen LogP contribution in [0.1, 0.15) is 32.1 Å². The molecule has 14 unspecified atom stereocenters. The molecule has 20 heterocycles. The highest BCUT2D eigenvalue weighted by Crippen LogP contribution is 2.41. The maximum Gasteiger partial charge on any atom is 0.321 e. The quantitative estimate of drug-likeness (QED) is 0.0315. The number of Topliss-reactive ketones (excluding diaryl/α,β-unsaturated/α-hetero) is 2. The second-order valence-corrected chi connectivity index (χ2v) is 27.5. The second kappa shape index (κ2) is 37.7. The topological polar surface area (TPSA) is 614 Å². The van der Waals surface area contributed by atoms with Crippen LogP contribution in [0.3, 0.4) is 0 Å². The van der Waals surface area contributed by atoms with Crippen molar-refractivity contribution < 1.29 is 188 Å². The van der Waals surface area contributed by atoms with Crippen molar-refractivity contribution in [2.45, 2.75) is 241 Å². The van der Waals surface area contributed by atoms with Gasteiger partial charge in [-0.05, 0) is 13.5 Å². The Balaban J connectivity index is 1.09. The lowest BCUT2D eigenvalue weighted by Crippen LogP contribution is -2.68. The minimum absolute atomic E-state index is 0.00557. The number of ether oxygens (including phenoxy) is 14. The van der Waals surface area contributed by atoms with Gasteiger partial charge in [-0.15, -0.1) is 0 Å². The first-order valence-corrected chi connectivity index (χ1v) is 34.5. The Morgan fingerprint density at radius 3 is 1.23 bits per heavy atom. The number of carboxylic acids is 2. The zero-order valence-corrected chi connectivity index (χ0v) is 55.0. The van der Waals surface area contributed by atoms with Gasteiger partial charge in [0.05, 0.1) is 82.5 Å². The van der Waals surface area contributed by atoms with Gasteiger partial charge in [0.15, 0.2) is 37.7 Å². The number of carboxylic acid groups (broad SMARTS) is 2. The lowest BCUT2D eigenvalue weighted by Gasteiger charge is -2.50. The molecule has 0 aromatic heterocycles. The number of nitrogens with one attached hydrogen (secondary N) is 1. The normalized spacial score (nSPS) is 45.4. The first-order valence-electron chi connectivity index (χ1n) is 32.2. The van der Waals surface area contributed by atoms with Crippen molar-refractivity contribution in [2.75, 3.05) is 76.3 Å². The number of aliphatic hydroxyl groups excluding tert-OH is 18. The highest BCUT2D eigenvalue weighted by Gasteiger charge is 2.59. The molecule has 0 aromatic carbocycles. The zero-order valence-electron chi connectivity index (χ0n) is 53.4. The summed E-state index contributed by atoms with van der Waals surface area (Å²) in [4.78, 5) is 48.5. The Bertz CT molecular complexity index is 2520. The fraction of sp³-hybridized carbons (Fsp3) is 0.914. The van der Waals surface area contributed by atoms with E-state index in [1.165, 1.54) is 7.05 Å². The molecule has 20 saturated heterocycles. The number of thioether (sulfide) groups is 2. The second-order valence-electron chi connectivity index (χ2n) is 25.4. The zero-order chi connectivity index (χ0) is 72.4. The van der Waals surface area contributed by atoms with Crippen LogP contribution in [0.15, 0.2) is 0 Å². The summed E-state index contributed by atoms with van der Waals surface area (Å²) >= 11 is 1.81. The van der Waals surface area contributed by atoms with Gasteiger partial charge < -0.3 is 174 Å². The van der Waals surface area contributed by atoms with Gasteiger partial charge in [-0.3, -0.25) is 14.4 Å². The lowest BCUT2D eigenvalue weighted by atomic mass is 9.80. The van der Waals surface area contributed by atoms with Crippen molar-refractivity contribution in [1.29, 1.82) is 0 Å². The summed E-state index contributed by atoms with van der Waals surface area (Å²) < 4.78 is 83.0. The van der Waals surface area contributed by atoms with Gasteiger partial charge in [0.25, 0.3) is 0 Å². The number of ketones is 2. The van der Waals surface area contributed by atoms with E-state index in [2.05, 4.69) is 12.2 Å². The van der Waals surface area contributed by atoms with Crippen LogP contribution in [0.4, 0.5) is 0 Å². The molecule has 39 nitrogen and oxygen atoms in total. The molecule has 21 aliphatic rings. The fourth-order valence-corrected chi connectivity index (χ4v) is 15.2. The van der Waals surface area contributed by atoms with Crippen LogP contribution in [0.5, 0.6) is 0 Å². The summed E-state index contributed by atoms with van der Waals surface area (Å²) in [5.74, 6) is -7.11. The minimum atomic E-state index is -2.25. The summed E-state index contributed by atoms with van der Waals surface area (Å²) in [6.45, 7) is -1.93. The predicted octanol–water partition coefficient (Wildman–Crippen LogP) is -11.5. The molecule has 0 aromatic rings. The van der Waals surface area contributed by atoms with Crippen LogP contribution in [-0.4, -0.2) is 411 Å². The van der Waals surface area contributed by atoms with Gasteiger partial charge >= 0.3 is 17.7 Å². The third-order valence-electron chi connectivity index (χ3n) is 18.5. The maximum atomic E-state index is 12.9. The van der Waals surface area contributed by atoms with Crippen LogP contribution >= 0.6 is 23.5 Å². The van der Waals surface area contributed by atoms with Gasteiger partial charge in [0.1, 0.15) is 153 Å². The number of hydrogen-bond acceptors (Lipinski definition) is 39. The Kier molecular flexibility index (Phi) is 31.3. The SMILES string of the molecule is [CH2+]C(=O)CCOCCC(=O)C[C@@H](CSCC1O[C@@H]2O[C@@H]3C(CO)C[C@@H](O[C@@H]4C(CO)O[C@@H](O[C@@H]5C(CSC[C@H](NC)C(=O)O)O[C@@H](O[C@@H]6C(CO)O[C@H](O[C@@H]7C(CO)O[C@H](O[C@@H]8C(CO)O[C@H](O[C@H]1CC2O)C(O)[C@H]8O)C(O)[C@H]7O)C(O)[C@H]6O)C(O)[C@H]5O)C(O)[C@H]4O)C(O)[C@H]3O)C(=O)O. The van der Waals surface area contributed by atoms with E-state index in [9.17, 15) is 121 Å². The third kappa shape index (κ3) is 19.8. The Hall–Kier alpha value is -2.47. The molecule has 41 heteroatoms. The van der Waals surface area contributed by atoms with E-state index in [-0.39, 0.29) is 49.1 Å². The molecule has 0 amide bonds. The van der Waals surface area contributed by atoms with Crippen molar-refractivity contribution >= 4 is 47.0 Å². The van der Waals surface area contributed by atoms with Crippen molar-refractivity contribution in [3.63, 3.8) is 0 Å². The number of hydrogen-bond donors (Lipinski definition) is 21. The number of likely N-dealkylation sites (N-methyl/N-ethyl adjacent to an activating group) is 1. The third-order valence-corrected chi connectivity index (χ3v) is 20.9. The van der Waals surface area contributed by atoms with Gasteiger partial charge in [0.2, 0.25) is 0 Å². The maximum absolute atomic E-state index is 12.9. The van der Waals surface area contributed by atoms with Crippen LogP contribution < -0.4 is 5.32 Å². The standard InChI is InChI=1S/C58H93NO38S2/c1-19(65)3-5-84-6-4-22(66)7-21(51(80)81)15-98-17-31-25-9-24(67)53(91-31)93-45-20(10-60)8-26(33(68)34(45)69)85-46-27(11-61)88-57(41(76)35(46)70)97-50-32(18-99-16-23(59-2)52(82)83)92-58(44(79)39(50)74)96-49-30(14-64)90-56(43(78)38(49)73)95-48-29(13-63)89-55(42(77)37(48)72)94-47-28(12-62)87-54(86-25)40(75)36(47)71/h20-21,23-50,53-64,67-79H,1,3-18H2,2H3,(H-,80,81,82,83)/p+1/t20?,21-,23-,24?,25-,26+,27?,28?,29?,30?,31?,32?,33?,34+,35+,36+,37+,38+,39+,40?,41?,42?,43?,44?,45+,46+,47+,48+,49+,50+,53+,54-,55+,56+,57-,58-/m0/s1. The van der Waals surface area contributed by atoms with Crippen LogP contribution in [0.2, 0.25) is 0 Å². The molecule has 21 fully saturated rings. The van der Waals surface area contributed by atoms with E-state index in [0.29, 0.717) is 0 Å². The fourth-order valence-electron chi connectivity index (χ4n) is 12.8. The molecule has 0 spiro atoms. The van der Waals surface area contributed by atoms with Gasteiger partial charge in [0, 0.05) is 54.8 Å². The molecule has 570 valence electrons. The highest BCUT2D eigenvalue weighted by molar-refractivity contribution is 7.99. The number of aliphatic hydroxyl groups is 18. The number of carbonyl (C=O) groups excluding carboxylic acids is 2. The van der Waals surface area contributed by atoms with E-state index < -0.39 is 296 Å². The summed E-state index contributed by atoms with van der Waals surface area (Å²) in [7, 11) is 1.36. The van der Waals surface area contributed by atoms with Crippen molar-refractivity contribution in [3.05, 3.63) is 6.92 Å². The van der Waals surface area contributed by atoms with Crippen LogP contribution in [-0.2, 0) is 85.5 Å². The number of carbonyl (C=O) groups is 4. The van der Waals surface area contributed by atoms with Crippen molar-refractivity contribution in [1.82, 2.24) is 5.32 Å².